The second-order valence-electron chi connectivity index (χ2n) is 7.25. The number of Topliss-reactive ketones (excluding diaryl/α,β-unsaturated/α-hetero) is 1. The van der Waals surface area contributed by atoms with E-state index < -0.39 is 23.5 Å². The lowest BCUT2D eigenvalue weighted by Crippen LogP contribution is -2.31. The summed E-state index contributed by atoms with van der Waals surface area (Å²) in [5, 5.41) is 29.6. The highest BCUT2D eigenvalue weighted by molar-refractivity contribution is 7.15. The second kappa shape index (κ2) is 7.42. The molecule has 0 unspecified atom stereocenters. The third-order valence-electron chi connectivity index (χ3n) is 4.76. The monoisotopic (exact) mass is 425 g/mol. The molecule has 4 rings (SSSR count). The molecular weight excluding hydrogens is 406 g/mol. The van der Waals surface area contributed by atoms with E-state index in [0.717, 1.165) is 5.01 Å². The normalized spacial score (nSPS) is 16.7. The third-order valence-corrected chi connectivity index (χ3v) is 5.98. The van der Waals surface area contributed by atoms with E-state index in [4.69, 9.17) is 4.42 Å². The molecule has 30 heavy (non-hydrogen) atoms. The number of aromatic nitrogens is 2. The number of nitrogens with zero attached hydrogens (tertiary/aromatic N) is 3. The number of benzene rings is 1. The Morgan fingerprint density at radius 1 is 1.13 bits per heavy atom. The van der Waals surface area contributed by atoms with Crippen molar-refractivity contribution in [1.82, 2.24) is 10.2 Å². The van der Waals surface area contributed by atoms with Gasteiger partial charge < -0.3 is 14.6 Å². The summed E-state index contributed by atoms with van der Waals surface area (Å²) in [7, 11) is 0. The van der Waals surface area contributed by atoms with Crippen LogP contribution in [0.15, 0.2) is 52.1 Å². The number of aromatic hydroxyl groups is 1. The van der Waals surface area contributed by atoms with Crippen LogP contribution in [0.3, 0.4) is 0 Å². The Balaban J connectivity index is 1.85. The van der Waals surface area contributed by atoms with Gasteiger partial charge in [-0.1, -0.05) is 37.3 Å². The van der Waals surface area contributed by atoms with Crippen molar-refractivity contribution >= 4 is 28.2 Å². The molecule has 0 spiro atoms. The summed E-state index contributed by atoms with van der Waals surface area (Å²) in [6.07, 6.45) is 0. The van der Waals surface area contributed by atoms with E-state index in [1.165, 1.54) is 34.4 Å². The molecule has 1 aromatic carbocycles. The van der Waals surface area contributed by atoms with Crippen LogP contribution in [0.25, 0.3) is 0 Å². The van der Waals surface area contributed by atoms with E-state index in [1.807, 2.05) is 13.8 Å². The smallest absolute Gasteiger partial charge is 0.296 e. The number of aliphatic hydroxyl groups excluding tert-OH is 1. The van der Waals surface area contributed by atoms with Crippen LogP contribution < -0.4 is 4.90 Å². The second-order valence-corrected chi connectivity index (χ2v) is 8.24. The van der Waals surface area contributed by atoms with Crippen LogP contribution >= 0.6 is 11.3 Å². The number of ketones is 1. The third kappa shape index (κ3) is 3.26. The summed E-state index contributed by atoms with van der Waals surface area (Å²) in [6.45, 7) is 5.61. The van der Waals surface area contributed by atoms with Crippen molar-refractivity contribution in [2.45, 2.75) is 32.7 Å². The largest absolute Gasteiger partial charge is 0.508 e. The first kappa shape index (κ1) is 19.8. The number of furan rings is 1. The summed E-state index contributed by atoms with van der Waals surface area (Å²) >= 11 is 1.22. The average Bonchev–Trinajstić information content (AvgIpc) is 3.41. The van der Waals surface area contributed by atoms with Gasteiger partial charge in [-0.15, -0.1) is 10.2 Å². The SMILES string of the molecule is Cc1ccc(C(=O)C2=C(O)C(=O)N(c3nnc(C(C)C)s3)[C@@H]2c2ccc(O)cc2)o1. The van der Waals surface area contributed by atoms with Crippen LogP contribution in [0.1, 0.15) is 52.7 Å². The number of hydrogen-bond donors (Lipinski definition) is 2. The van der Waals surface area contributed by atoms with E-state index in [9.17, 15) is 19.8 Å². The fraction of sp³-hybridized carbons (Fsp3) is 0.238. The fourth-order valence-corrected chi connectivity index (χ4v) is 4.13. The molecule has 2 N–H and O–H groups in total. The van der Waals surface area contributed by atoms with E-state index in [0.29, 0.717) is 11.3 Å². The number of carbonyl (C=O) groups is 2. The van der Waals surface area contributed by atoms with Crippen molar-refractivity contribution in [3.8, 4) is 5.75 Å². The van der Waals surface area contributed by atoms with Gasteiger partial charge in [-0.25, -0.2) is 0 Å². The summed E-state index contributed by atoms with van der Waals surface area (Å²) in [6, 6.07) is 8.27. The molecule has 0 fully saturated rings. The van der Waals surface area contributed by atoms with Gasteiger partial charge in [0.1, 0.15) is 16.5 Å². The number of carbonyl (C=O) groups excluding carboxylic acids is 2. The van der Waals surface area contributed by atoms with Crippen LogP contribution in [-0.4, -0.2) is 32.1 Å². The fourth-order valence-electron chi connectivity index (χ4n) is 3.25. The molecule has 2 aromatic heterocycles. The number of aliphatic hydroxyl groups is 1. The first-order chi connectivity index (χ1) is 14.3. The van der Waals surface area contributed by atoms with E-state index >= 15 is 0 Å². The number of amides is 1. The Kier molecular flexibility index (Phi) is 4.90. The van der Waals surface area contributed by atoms with Gasteiger partial charge >= 0.3 is 0 Å². The van der Waals surface area contributed by atoms with Gasteiger partial charge in [-0.05, 0) is 36.8 Å². The molecule has 3 heterocycles. The lowest BCUT2D eigenvalue weighted by molar-refractivity contribution is -0.117. The average molecular weight is 425 g/mol. The molecular formula is C21H19N3O5S. The molecule has 1 atom stereocenters. The van der Waals surface area contributed by atoms with E-state index in [-0.39, 0.29) is 28.1 Å². The van der Waals surface area contributed by atoms with Crippen molar-refractivity contribution < 1.29 is 24.2 Å². The van der Waals surface area contributed by atoms with E-state index in [1.54, 1.807) is 25.1 Å². The number of aryl methyl sites for hydroxylation is 1. The first-order valence-corrected chi connectivity index (χ1v) is 10.1. The van der Waals surface area contributed by atoms with Gasteiger partial charge in [0, 0.05) is 5.92 Å². The van der Waals surface area contributed by atoms with Crippen LogP contribution in [0, 0.1) is 6.92 Å². The Morgan fingerprint density at radius 3 is 2.40 bits per heavy atom. The summed E-state index contributed by atoms with van der Waals surface area (Å²) in [5.74, 6) is -1.30. The molecule has 0 aliphatic carbocycles. The quantitative estimate of drug-likeness (QED) is 0.592. The van der Waals surface area contributed by atoms with Gasteiger partial charge in [0.2, 0.25) is 10.9 Å². The van der Waals surface area contributed by atoms with Gasteiger partial charge in [0.15, 0.2) is 11.5 Å². The first-order valence-electron chi connectivity index (χ1n) is 9.28. The maximum absolute atomic E-state index is 13.2. The molecule has 1 aliphatic rings. The van der Waals surface area contributed by atoms with Crippen LogP contribution in [-0.2, 0) is 4.79 Å². The van der Waals surface area contributed by atoms with Gasteiger partial charge in [0.25, 0.3) is 5.91 Å². The molecule has 9 heteroatoms. The minimum absolute atomic E-state index is 0.0209. The van der Waals surface area contributed by atoms with Crippen molar-refractivity contribution in [2.75, 3.05) is 4.90 Å². The van der Waals surface area contributed by atoms with Crippen molar-refractivity contribution in [2.24, 2.45) is 0 Å². The molecule has 8 nitrogen and oxygen atoms in total. The molecule has 0 radical (unpaired) electrons. The topological polar surface area (TPSA) is 117 Å². The Bertz CT molecular complexity index is 1160. The predicted octanol–water partition coefficient (Wildman–Crippen LogP) is 4.05. The Labute approximate surface area is 176 Å². The highest BCUT2D eigenvalue weighted by Gasteiger charge is 2.46. The molecule has 1 aliphatic heterocycles. The summed E-state index contributed by atoms with van der Waals surface area (Å²) in [4.78, 5) is 27.5. The zero-order valence-corrected chi connectivity index (χ0v) is 17.3. The van der Waals surface area contributed by atoms with Crippen molar-refractivity contribution in [3.05, 3.63) is 69.8 Å². The minimum atomic E-state index is -0.941. The highest BCUT2D eigenvalue weighted by atomic mass is 32.1. The molecule has 1 amide bonds. The number of anilines is 1. The Hall–Kier alpha value is -3.46. The predicted molar refractivity (Wildman–Crippen MR) is 110 cm³/mol. The van der Waals surface area contributed by atoms with Gasteiger partial charge in [-0.3, -0.25) is 14.5 Å². The number of rotatable bonds is 5. The summed E-state index contributed by atoms with van der Waals surface area (Å²) in [5.41, 5.74) is 0.416. The lowest BCUT2D eigenvalue weighted by atomic mass is 9.95. The van der Waals surface area contributed by atoms with Crippen LogP contribution in [0.5, 0.6) is 5.75 Å². The van der Waals surface area contributed by atoms with Crippen molar-refractivity contribution in [1.29, 1.82) is 0 Å². The molecule has 0 bridgehead atoms. The zero-order valence-electron chi connectivity index (χ0n) is 16.5. The van der Waals surface area contributed by atoms with Crippen molar-refractivity contribution in [3.63, 3.8) is 0 Å². The summed E-state index contributed by atoms with van der Waals surface area (Å²) < 4.78 is 5.43. The lowest BCUT2D eigenvalue weighted by Gasteiger charge is -2.23. The number of phenols is 1. The molecule has 0 saturated heterocycles. The molecule has 3 aromatic rings. The minimum Gasteiger partial charge on any atom is -0.508 e. The molecule has 154 valence electrons. The van der Waals surface area contributed by atoms with Crippen LogP contribution in [0.4, 0.5) is 5.13 Å². The van der Waals surface area contributed by atoms with Gasteiger partial charge in [-0.2, -0.15) is 0 Å². The van der Waals surface area contributed by atoms with Gasteiger partial charge in [0.05, 0.1) is 11.6 Å². The zero-order chi connectivity index (χ0) is 21.6. The maximum atomic E-state index is 13.2. The standard InChI is InChI=1S/C21H19N3O5S/c1-10(2)19-22-23-21(30-19)24-16(12-5-7-13(25)8-6-12)15(18(27)20(24)28)17(26)14-9-4-11(3)29-14/h4-10,16,25,27H,1-3H3/t16-/m1/s1. The maximum Gasteiger partial charge on any atom is 0.296 e. The number of hydrogen-bond acceptors (Lipinski definition) is 8. The van der Waals surface area contributed by atoms with Crippen LogP contribution in [0.2, 0.25) is 0 Å². The highest BCUT2D eigenvalue weighted by Crippen LogP contribution is 2.43. The Morgan fingerprint density at radius 2 is 1.83 bits per heavy atom. The number of phenolic OH excluding ortho intramolecular Hbond substituents is 1. The van der Waals surface area contributed by atoms with E-state index in [2.05, 4.69) is 10.2 Å². The molecule has 0 saturated carbocycles.